The summed E-state index contributed by atoms with van der Waals surface area (Å²) in [4.78, 5) is 39.3. The van der Waals surface area contributed by atoms with E-state index in [1.165, 1.54) is 73.5 Å². The van der Waals surface area contributed by atoms with Crippen LogP contribution in [0.5, 0.6) is 5.75 Å². The summed E-state index contributed by atoms with van der Waals surface area (Å²) in [6.07, 6.45) is 1.75. The fraction of sp³-hybridized carbons (Fsp3) is 0.355. The van der Waals surface area contributed by atoms with Crippen molar-refractivity contribution in [1.82, 2.24) is 10.2 Å². The minimum atomic E-state index is -4.66. The van der Waals surface area contributed by atoms with E-state index < -0.39 is 55.7 Å². The van der Waals surface area contributed by atoms with Crippen LogP contribution < -0.4 is 14.4 Å². The number of unbranched alkanes of at least 4 members (excludes halogenated alkanes) is 1. The Morgan fingerprint density at radius 2 is 1.78 bits per heavy atom. The molecule has 0 aromatic heterocycles. The summed E-state index contributed by atoms with van der Waals surface area (Å²) >= 11 is 6.25. The zero-order chi connectivity index (χ0) is 33.3. The summed E-state index contributed by atoms with van der Waals surface area (Å²) in [5.74, 6) is -1.61. The third-order valence-electron chi connectivity index (χ3n) is 7.14. The van der Waals surface area contributed by atoms with Crippen LogP contribution in [-0.2, 0) is 26.2 Å². The molecule has 3 aromatic carbocycles. The van der Waals surface area contributed by atoms with Crippen molar-refractivity contribution >= 4 is 44.8 Å². The molecule has 1 atom stereocenters. The number of aryl methyl sites for hydroxylation is 1. The lowest BCUT2D eigenvalue weighted by Gasteiger charge is -2.33. The van der Waals surface area contributed by atoms with Crippen molar-refractivity contribution in [1.29, 1.82) is 0 Å². The molecular formula is C31H36ClFN4O7S. The minimum Gasteiger partial charge on any atom is -0.495 e. The molecule has 3 aromatic rings. The predicted molar refractivity (Wildman–Crippen MR) is 169 cm³/mol. The number of benzene rings is 3. The largest absolute Gasteiger partial charge is 0.495 e. The van der Waals surface area contributed by atoms with Crippen molar-refractivity contribution in [3.8, 4) is 5.75 Å². The SMILES string of the molecule is CCCCNC(=O)[C@H](CC)N(Cc1ccc(F)cc1)C(=O)CN(c1cc(Cl)ccc1OC)S(=O)(=O)c1ccc(C)c([N+](=O)[O-])c1. The van der Waals surface area contributed by atoms with Crippen molar-refractivity contribution in [2.75, 3.05) is 24.5 Å². The highest BCUT2D eigenvalue weighted by Gasteiger charge is 2.35. The number of methoxy groups -OCH3 is 1. The van der Waals surface area contributed by atoms with Crippen LogP contribution in [0, 0.1) is 22.9 Å². The fourth-order valence-corrected chi connectivity index (χ4v) is 6.26. The van der Waals surface area contributed by atoms with Gasteiger partial charge in [0.1, 0.15) is 24.2 Å². The Morgan fingerprint density at radius 1 is 1.09 bits per heavy atom. The summed E-state index contributed by atoms with van der Waals surface area (Å²) in [6.45, 7) is 4.59. The second-order valence-corrected chi connectivity index (χ2v) is 12.5. The molecule has 0 heterocycles. The number of hydrogen-bond donors (Lipinski definition) is 1. The molecule has 0 aliphatic heterocycles. The van der Waals surface area contributed by atoms with Gasteiger partial charge < -0.3 is 15.0 Å². The lowest BCUT2D eigenvalue weighted by atomic mass is 10.1. The molecule has 3 rings (SSSR count). The molecule has 0 fully saturated rings. The number of amides is 2. The van der Waals surface area contributed by atoms with Gasteiger partial charge in [0, 0.05) is 29.7 Å². The molecule has 0 saturated heterocycles. The van der Waals surface area contributed by atoms with Crippen LogP contribution in [0.4, 0.5) is 15.8 Å². The van der Waals surface area contributed by atoms with E-state index in [2.05, 4.69) is 5.32 Å². The maximum Gasteiger partial charge on any atom is 0.273 e. The van der Waals surface area contributed by atoms with Gasteiger partial charge >= 0.3 is 0 Å². The normalized spacial score (nSPS) is 11.9. The number of halogens is 2. The molecular weight excluding hydrogens is 627 g/mol. The Hall–Kier alpha value is -4.23. The number of sulfonamides is 1. The van der Waals surface area contributed by atoms with E-state index >= 15 is 0 Å². The Kier molecular flexibility index (Phi) is 12.3. The first-order valence-electron chi connectivity index (χ1n) is 14.3. The number of hydrogen-bond acceptors (Lipinski definition) is 7. The van der Waals surface area contributed by atoms with Gasteiger partial charge in [-0.1, -0.05) is 50.1 Å². The van der Waals surface area contributed by atoms with Crippen LogP contribution in [0.3, 0.4) is 0 Å². The first-order valence-corrected chi connectivity index (χ1v) is 16.1. The first kappa shape index (κ1) is 35.3. The van der Waals surface area contributed by atoms with Crippen molar-refractivity contribution in [2.24, 2.45) is 0 Å². The zero-order valence-electron chi connectivity index (χ0n) is 25.5. The molecule has 0 aliphatic carbocycles. The Labute approximate surface area is 267 Å². The number of rotatable bonds is 15. The molecule has 0 radical (unpaired) electrons. The highest BCUT2D eigenvalue weighted by atomic mass is 35.5. The van der Waals surface area contributed by atoms with Crippen molar-refractivity contribution in [3.63, 3.8) is 0 Å². The number of nitro groups is 1. The van der Waals surface area contributed by atoms with Gasteiger partial charge in [-0.3, -0.25) is 24.0 Å². The molecule has 0 unspecified atom stereocenters. The maximum absolute atomic E-state index is 14.2. The number of nitrogens with zero attached hydrogens (tertiary/aromatic N) is 3. The van der Waals surface area contributed by atoms with Crippen molar-refractivity contribution in [2.45, 2.75) is 57.5 Å². The van der Waals surface area contributed by atoms with Gasteiger partial charge in [0.15, 0.2) is 0 Å². The number of nitro benzene ring substituents is 1. The summed E-state index contributed by atoms with van der Waals surface area (Å²) in [5, 5.41) is 14.6. The zero-order valence-corrected chi connectivity index (χ0v) is 27.0. The third kappa shape index (κ3) is 8.70. The van der Waals surface area contributed by atoms with Crippen LogP contribution in [0.15, 0.2) is 65.6 Å². The van der Waals surface area contributed by atoms with Crippen LogP contribution >= 0.6 is 11.6 Å². The van der Waals surface area contributed by atoms with Gasteiger partial charge in [0.25, 0.3) is 15.7 Å². The first-order chi connectivity index (χ1) is 21.3. The number of ether oxygens (including phenoxy) is 1. The van der Waals surface area contributed by atoms with Gasteiger partial charge in [-0.25, -0.2) is 12.8 Å². The lowest BCUT2D eigenvalue weighted by Crippen LogP contribution is -2.52. The van der Waals surface area contributed by atoms with Crippen molar-refractivity contribution in [3.05, 3.63) is 92.7 Å². The Bertz CT molecular complexity index is 1640. The van der Waals surface area contributed by atoms with Crippen LogP contribution in [0.25, 0.3) is 0 Å². The van der Waals surface area contributed by atoms with Gasteiger partial charge in [-0.15, -0.1) is 0 Å². The lowest BCUT2D eigenvalue weighted by molar-refractivity contribution is -0.385. The van der Waals surface area contributed by atoms with Crippen molar-refractivity contribution < 1.29 is 32.1 Å². The number of nitrogens with one attached hydrogen (secondary N) is 1. The second-order valence-electron chi connectivity index (χ2n) is 10.2. The van der Waals surface area contributed by atoms with E-state index in [0.717, 1.165) is 23.2 Å². The third-order valence-corrected chi connectivity index (χ3v) is 9.13. The number of carbonyl (C=O) groups excluding carboxylic acids is 2. The second kappa shape index (κ2) is 15.7. The molecule has 1 N–H and O–H groups in total. The summed E-state index contributed by atoms with van der Waals surface area (Å²) in [6, 6.07) is 12.0. The molecule has 0 spiro atoms. The molecule has 0 aliphatic rings. The summed E-state index contributed by atoms with van der Waals surface area (Å²) in [5.41, 5.74) is 0.234. The quantitative estimate of drug-likeness (QED) is 0.127. The molecule has 14 heteroatoms. The van der Waals surface area contributed by atoms with E-state index in [0.29, 0.717) is 12.1 Å². The predicted octanol–water partition coefficient (Wildman–Crippen LogP) is 5.62. The van der Waals surface area contributed by atoms with E-state index in [1.807, 2.05) is 6.92 Å². The molecule has 0 saturated carbocycles. The average Bonchev–Trinajstić information content (AvgIpc) is 3.00. The topological polar surface area (TPSA) is 139 Å². The Balaban J connectivity index is 2.16. The number of anilines is 1. The van der Waals surface area contributed by atoms with Crippen LogP contribution in [-0.4, -0.2) is 56.3 Å². The highest BCUT2D eigenvalue weighted by Crippen LogP contribution is 2.36. The standard InChI is InChI=1S/C31H36ClFN4O7S/c1-5-7-16-34-31(39)26(6-2)35(19-22-9-12-24(33)13-10-22)30(38)20-36(28-17-23(32)11-15-29(28)44-4)45(42,43)25-14-8-21(3)27(18-25)37(40)41/h8-15,17-18,26H,5-7,16,19-20H2,1-4H3,(H,34,39)/t26-/m0/s1. The van der Waals surface area contributed by atoms with Gasteiger partial charge in [0.2, 0.25) is 11.8 Å². The highest BCUT2D eigenvalue weighted by molar-refractivity contribution is 7.92. The van der Waals surface area contributed by atoms with Crippen LogP contribution in [0.1, 0.15) is 44.2 Å². The average molecular weight is 663 g/mol. The molecule has 242 valence electrons. The minimum absolute atomic E-state index is 0.0619. The van der Waals surface area contributed by atoms with E-state index in [-0.39, 0.29) is 35.0 Å². The van der Waals surface area contributed by atoms with E-state index in [4.69, 9.17) is 16.3 Å². The van der Waals surface area contributed by atoms with Gasteiger partial charge in [-0.05, 0) is 61.7 Å². The van der Waals surface area contributed by atoms with E-state index in [1.54, 1.807) is 6.92 Å². The smallest absolute Gasteiger partial charge is 0.273 e. The number of carbonyl (C=O) groups is 2. The fourth-order valence-electron chi connectivity index (χ4n) is 4.66. The van der Waals surface area contributed by atoms with Gasteiger partial charge in [0.05, 0.1) is 22.6 Å². The van der Waals surface area contributed by atoms with Gasteiger partial charge in [-0.2, -0.15) is 0 Å². The monoisotopic (exact) mass is 662 g/mol. The summed E-state index contributed by atoms with van der Waals surface area (Å²) < 4.78 is 48.3. The molecule has 0 bridgehead atoms. The van der Waals surface area contributed by atoms with E-state index in [9.17, 15) is 32.5 Å². The Morgan fingerprint density at radius 3 is 2.38 bits per heavy atom. The molecule has 11 nitrogen and oxygen atoms in total. The van der Waals surface area contributed by atoms with Crippen LogP contribution in [0.2, 0.25) is 5.02 Å². The summed E-state index contributed by atoms with van der Waals surface area (Å²) in [7, 11) is -3.35. The maximum atomic E-state index is 14.2. The molecule has 2 amide bonds. The molecule has 45 heavy (non-hydrogen) atoms.